The summed E-state index contributed by atoms with van der Waals surface area (Å²) in [5.41, 5.74) is 1.90. The van der Waals surface area contributed by atoms with Gasteiger partial charge in [-0.05, 0) is 42.8 Å². The average molecular weight is 387 g/mol. The van der Waals surface area contributed by atoms with Gasteiger partial charge in [-0.15, -0.1) is 0 Å². The molecule has 0 saturated carbocycles. The second-order valence-corrected chi connectivity index (χ2v) is 6.07. The van der Waals surface area contributed by atoms with Crippen LogP contribution in [0.5, 0.6) is 0 Å². The molecule has 0 aromatic heterocycles. The van der Waals surface area contributed by atoms with E-state index in [2.05, 4.69) is 15.4 Å². The molecule has 0 aliphatic rings. The summed E-state index contributed by atoms with van der Waals surface area (Å²) >= 11 is 6.03. The molecule has 140 valence electrons. The molecule has 27 heavy (non-hydrogen) atoms. The van der Waals surface area contributed by atoms with Crippen molar-refractivity contribution in [3.8, 4) is 0 Å². The maximum absolute atomic E-state index is 12.2. The molecule has 0 saturated heterocycles. The van der Waals surface area contributed by atoms with Crippen LogP contribution < -0.4 is 10.6 Å². The number of halogens is 1. The lowest BCUT2D eigenvalue weighted by atomic mass is 10.2. The Morgan fingerprint density at radius 1 is 1.07 bits per heavy atom. The molecule has 0 unspecified atom stereocenters. The third-order valence-electron chi connectivity index (χ3n) is 3.68. The zero-order valence-corrected chi connectivity index (χ0v) is 15.7. The lowest BCUT2D eigenvalue weighted by Gasteiger charge is -2.07. The smallest absolute Gasteiger partial charge is 0.337 e. The normalized spacial score (nSPS) is 10.9. The SMILES string of the molecule is COC(=O)c1ccc(NC(=O)/C(C)=C/C(=O)NCc2ccccc2Cl)cc1. The largest absolute Gasteiger partial charge is 0.465 e. The number of esters is 1. The van der Waals surface area contributed by atoms with Crippen molar-refractivity contribution in [1.29, 1.82) is 0 Å². The topological polar surface area (TPSA) is 84.5 Å². The highest BCUT2D eigenvalue weighted by atomic mass is 35.5. The van der Waals surface area contributed by atoms with E-state index < -0.39 is 17.8 Å². The summed E-state index contributed by atoms with van der Waals surface area (Å²) in [4.78, 5) is 35.6. The van der Waals surface area contributed by atoms with Crippen LogP contribution in [-0.4, -0.2) is 24.9 Å². The van der Waals surface area contributed by atoms with Gasteiger partial charge in [-0.25, -0.2) is 4.79 Å². The molecule has 2 amide bonds. The molecule has 2 N–H and O–H groups in total. The van der Waals surface area contributed by atoms with Crippen LogP contribution in [0.2, 0.25) is 5.02 Å². The van der Waals surface area contributed by atoms with Gasteiger partial charge in [0.2, 0.25) is 5.91 Å². The molecular formula is C20H19ClN2O4. The van der Waals surface area contributed by atoms with E-state index in [0.717, 1.165) is 5.56 Å². The lowest BCUT2D eigenvalue weighted by molar-refractivity contribution is -0.117. The highest BCUT2D eigenvalue weighted by Crippen LogP contribution is 2.14. The van der Waals surface area contributed by atoms with Gasteiger partial charge in [0.15, 0.2) is 0 Å². The van der Waals surface area contributed by atoms with Crippen LogP contribution in [0.4, 0.5) is 5.69 Å². The van der Waals surface area contributed by atoms with Crippen LogP contribution >= 0.6 is 11.6 Å². The standard InChI is InChI=1S/C20H19ClN2O4/c1-13(11-18(24)22-12-15-5-3-4-6-17(15)21)19(25)23-16-9-7-14(8-10-16)20(26)27-2/h3-11H,12H2,1-2H3,(H,22,24)(H,23,25)/b13-11+. The number of carbonyl (C=O) groups is 3. The van der Waals surface area contributed by atoms with Crippen LogP contribution in [0.25, 0.3) is 0 Å². The van der Waals surface area contributed by atoms with Crippen molar-refractivity contribution in [2.75, 3.05) is 12.4 Å². The van der Waals surface area contributed by atoms with Crippen molar-refractivity contribution in [3.63, 3.8) is 0 Å². The number of hydrogen-bond donors (Lipinski definition) is 2. The molecule has 2 aromatic rings. The van der Waals surface area contributed by atoms with E-state index in [9.17, 15) is 14.4 Å². The number of rotatable bonds is 6. The number of hydrogen-bond acceptors (Lipinski definition) is 4. The van der Waals surface area contributed by atoms with Crippen LogP contribution in [0, 0.1) is 0 Å². The number of carbonyl (C=O) groups excluding carboxylic acids is 3. The molecule has 0 spiro atoms. The van der Waals surface area contributed by atoms with Gasteiger partial charge in [-0.3, -0.25) is 9.59 Å². The predicted octanol–water partition coefficient (Wildman–Crippen LogP) is 3.33. The quantitative estimate of drug-likeness (QED) is 0.589. The van der Waals surface area contributed by atoms with Gasteiger partial charge in [0.25, 0.3) is 5.91 Å². The molecule has 0 fully saturated rings. The summed E-state index contributed by atoms with van der Waals surface area (Å²) in [6, 6.07) is 13.4. The molecule has 2 aromatic carbocycles. The number of anilines is 1. The molecule has 0 bridgehead atoms. The fourth-order valence-electron chi connectivity index (χ4n) is 2.17. The third-order valence-corrected chi connectivity index (χ3v) is 4.05. The first-order chi connectivity index (χ1) is 12.9. The van der Waals surface area contributed by atoms with Crippen molar-refractivity contribution in [3.05, 3.63) is 76.3 Å². The van der Waals surface area contributed by atoms with Gasteiger partial charge >= 0.3 is 5.97 Å². The highest BCUT2D eigenvalue weighted by Gasteiger charge is 2.09. The van der Waals surface area contributed by atoms with Crippen LogP contribution in [-0.2, 0) is 20.9 Å². The van der Waals surface area contributed by atoms with Crippen molar-refractivity contribution in [2.45, 2.75) is 13.5 Å². The first kappa shape index (κ1) is 20.2. The molecule has 0 aliphatic heterocycles. The second kappa shape index (κ2) is 9.54. The second-order valence-electron chi connectivity index (χ2n) is 5.66. The van der Waals surface area contributed by atoms with Crippen molar-refractivity contribution in [1.82, 2.24) is 5.32 Å². The van der Waals surface area contributed by atoms with E-state index in [0.29, 0.717) is 16.3 Å². The minimum Gasteiger partial charge on any atom is -0.465 e. The number of ether oxygens (including phenoxy) is 1. The Hall–Kier alpha value is -3.12. The Balaban J connectivity index is 1.92. The summed E-state index contributed by atoms with van der Waals surface area (Å²) in [6.45, 7) is 1.80. The number of amides is 2. The molecule has 0 atom stereocenters. The van der Waals surface area contributed by atoms with Crippen LogP contribution in [0.1, 0.15) is 22.8 Å². The zero-order valence-electron chi connectivity index (χ0n) is 14.9. The minimum atomic E-state index is -0.459. The van der Waals surface area contributed by atoms with Crippen LogP contribution in [0.3, 0.4) is 0 Å². The first-order valence-electron chi connectivity index (χ1n) is 8.10. The monoisotopic (exact) mass is 386 g/mol. The maximum atomic E-state index is 12.2. The van der Waals surface area contributed by atoms with Gasteiger partial charge < -0.3 is 15.4 Å². The van der Waals surface area contributed by atoms with Gasteiger partial charge in [-0.1, -0.05) is 29.8 Å². The zero-order chi connectivity index (χ0) is 19.8. The maximum Gasteiger partial charge on any atom is 0.337 e. The highest BCUT2D eigenvalue weighted by molar-refractivity contribution is 6.31. The summed E-state index contributed by atoms with van der Waals surface area (Å²) < 4.78 is 4.61. The Morgan fingerprint density at radius 3 is 2.37 bits per heavy atom. The summed E-state index contributed by atoms with van der Waals surface area (Å²) in [5, 5.41) is 5.90. The van der Waals surface area contributed by atoms with Gasteiger partial charge in [0.05, 0.1) is 12.7 Å². The molecule has 2 rings (SSSR count). The predicted molar refractivity (Wildman–Crippen MR) is 103 cm³/mol. The van der Waals surface area contributed by atoms with E-state index >= 15 is 0 Å². The Morgan fingerprint density at radius 2 is 1.74 bits per heavy atom. The minimum absolute atomic E-state index is 0.240. The lowest BCUT2D eigenvalue weighted by Crippen LogP contribution is -2.22. The fourth-order valence-corrected chi connectivity index (χ4v) is 2.38. The van der Waals surface area contributed by atoms with Crippen molar-refractivity contribution >= 4 is 35.1 Å². The summed E-state index contributed by atoms with van der Waals surface area (Å²) in [6.07, 6.45) is 1.22. The van der Waals surface area contributed by atoms with Gasteiger partial charge in [-0.2, -0.15) is 0 Å². The number of benzene rings is 2. The fraction of sp³-hybridized carbons (Fsp3) is 0.150. The van der Waals surface area contributed by atoms with E-state index in [1.807, 2.05) is 12.1 Å². The molecule has 7 heteroatoms. The van der Waals surface area contributed by atoms with E-state index in [4.69, 9.17) is 11.6 Å². The van der Waals surface area contributed by atoms with Crippen LogP contribution in [0.15, 0.2) is 60.2 Å². The first-order valence-corrected chi connectivity index (χ1v) is 8.47. The van der Waals surface area contributed by atoms with Crippen molar-refractivity contribution in [2.24, 2.45) is 0 Å². The summed E-state index contributed by atoms with van der Waals surface area (Å²) in [7, 11) is 1.29. The molecule has 0 heterocycles. The molecule has 0 radical (unpaired) electrons. The Labute approximate surface area is 162 Å². The molecular weight excluding hydrogens is 368 g/mol. The number of nitrogens with one attached hydrogen (secondary N) is 2. The van der Waals surface area contributed by atoms with E-state index in [1.54, 1.807) is 24.3 Å². The van der Waals surface area contributed by atoms with Gasteiger partial charge in [0, 0.05) is 28.9 Å². The van der Waals surface area contributed by atoms with E-state index in [1.165, 1.54) is 32.2 Å². The molecule has 0 aliphatic carbocycles. The third kappa shape index (κ3) is 5.97. The summed E-state index contributed by atoms with van der Waals surface area (Å²) in [5.74, 6) is -1.28. The number of methoxy groups -OCH3 is 1. The average Bonchev–Trinajstić information content (AvgIpc) is 2.67. The molecule has 6 nitrogen and oxygen atoms in total. The Bertz CT molecular complexity index is 876. The van der Waals surface area contributed by atoms with E-state index in [-0.39, 0.29) is 12.1 Å². The van der Waals surface area contributed by atoms with Crippen molar-refractivity contribution < 1.29 is 19.1 Å². The van der Waals surface area contributed by atoms with Gasteiger partial charge in [0.1, 0.15) is 0 Å². The Kier molecular flexibility index (Phi) is 7.14.